The third-order valence-corrected chi connectivity index (χ3v) is 5.56. The van der Waals surface area contributed by atoms with Crippen LogP contribution in [0.2, 0.25) is 0 Å². The molecule has 0 bridgehead atoms. The lowest BCUT2D eigenvalue weighted by Crippen LogP contribution is -2.32. The van der Waals surface area contributed by atoms with Crippen LogP contribution in [0.1, 0.15) is 22.5 Å². The van der Waals surface area contributed by atoms with Gasteiger partial charge in [0.25, 0.3) is 11.5 Å². The number of nitrogens with zero attached hydrogens (tertiary/aromatic N) is 3. The molecule has 1 aliphatic heterocycles. The van der Waals surface area contributed by atoms with E-state index >= 15 is 0 Å². The number of amides is 1. The number of carbonyl (C=O) groups excluding carboxylic acids is 1. The number of rotatable bonds is 3. The molecule has 0 radical (unpaired) electrons. The van der Waals surface area contributed by atoms with Crippen LogP contribution in [0.15, 0.2) is 83.7 Å². The summed E-state index contributed by atoms with van der Waals surface area (Å²) in [6.45, 7) is 1.67. The van der Waals surface area contributed by atoms with Crippen molar-refractivity contribution < 1.29 is 4.79 Å². The van der Waals surface area contributed by atoms with Crippen molar-refractivity contribution in [3.63, 3.8) is 0 Å². The smallest absolute Gasteiger partial charge is 0.277 e. The maximum Gasteiger partial charge on any atom is 0.277 e. The molecule has 1 amide bonds. The lowest BCUT2D eigenvalue weighted by molar-refractivity contribution is 0.0745. The van der Waals surface area contributed by atoms with E-state index in [1.165, 1.54) is 0 Å². The van der Waals surface area contributed by atoms with E-state index in [1.54, 1.807) is 4.57 Å². The Kier molecular flexibility index (Phi) is 4.64. The molecule has 148 valence electrons. The summed E-state index contributed by atoms with van der Waals surface area (Å²) in [5.41, 5.74) is 3.45. The Bertz CT molecular complexity index is 1280. The lowest BCUT2D eigenvalue weighted by atomic mass is 10.1. The topological polar surface area (TPSA) is 55.2 Å². The molecule has 0 atom stereocenters. The van der Waals surface area contributed by atoms with Gasteiger partial charge in [0.05, 0.1) is 5.69 Å². The highest BCUT2D eigenvalue weighted by atomic mass is 16.2. The van der Waals surface area contributed by atoms with Crippen molar-refractivity contribution in [3.05, 3.63) is 100 Å². The molecule has 1 aliphatic rings. The van der Waals surface area contributed by atoms with Gasteiger partial charge >= 0.3 is 0 Å². The average Bonchev–Trinajstić information content (AvgIpc) is 2.94. The molecule has 0 saturated heterocycles. The Morgan fingerprint density at radius 3 is 2.33 bits per heavy atom. The van der Waals surface area contributed by atoms with Crippen LogP contribution in [0.3, 0.4) is 0 Å². The zero-order valence-electron chi connectivity index (χ0n) is 16.5. The van der Waals surface area contributed by atoms with Gasteiger partial charge in [-0.05, 0) is 24.1 Å². The summed E-state index contributed by atoms with van der Waals surface area (Å²) < 4.78 is 1.59. The minimum absolute atomic E-state index is 0.109. The third kappa shape index (κ3) is 3.28. The molecule has 2 aromatic carbocycles. The van der Waals surface area contributed by atoms with E-state index in [0.29, 0.717) is 36.2 Å². The van der Waals surface area contributed by atoms with Gasteiger partial charge in [-0.3, -0.25) is 9.59 Å². The minimum Gasteiger partial charge on any atom is -0.333 e. The van der Waals surface area contributed by atoms with Crippen LogP contribution in [0.4, 0.5) is 0 Å². The molecule has 0 N–H and O–H groups in total. The highest BCUT2D eigenvalue weighted by Crippen LogP contribution is 2.22. The molecule has 0 unspecified atom stereocenters. The second-order valence-corrected chi connectivity index (χ2v) is 7.55. The van der Waals surface area contributed by atoms with Gasteiger partial charge in [0.2, 0.25) is 0 Å². The Labute approximate surface area is 174 Å². The van der Waals surface area contributed by atoms with Crippen molar-refractivity contribution in [1.29, 1.82) is 0 Å². The molecule has 5 heteroatoms. The highest BCUT2D eigenvalue weighted by Gasteiger charge is 2.25. The van der Waals surface area contributed by atoms with Gasteiger partial charge in [0.1, 0.15) is 11.2 Å². The van der Waals surface area contributed by atoms with Gasteiger partial charge in [-0.1, -0.05) is 66.7 Å². The van der Waals surface area contributed by atoms with Gasteiger partial charge < -0.3 is 9.47 Å². The molecular formula is C25H21N3O2. The molecule has 4 aromatic rings. The summed E-state index contributed by atoms with van der Waals surface area (Å²) in [6.07, 6.45) is 0.732. The molecule has 3 heterocycles. The van der Waals surface area contributed by atoms with Crippen molar-refractivity contribution in [3.8, 4) is 11.3 Å². The molecule has 30 heavy (non-hydrogen) atoms. The number of benzene rings is 2. The standard InChI is InChI=1S/C25H21N3O2/c29-24-22-16-20-12-13-21(19-10-5-2-6-11-19)26-23(20)25(30)28(22)15-7-14-27(24)17-18-8-3-1-4-9-18/h1-6,8-13,16H,7,14-15,17H2. The van der Waals surface area contributed by atoms with E-state index in [4.69, 9.17) is 0 Å². The molecule has 0 spiro atoms. The van der Waals surface area contributed by atoms with E-state index in [2.05, 4.69) is 4.98 Å². The summed E-state index contributed by atoms with van der Waals surface area (Å²) >= 11 is 0. The number of aromatic nitrogens is 2. The van der Waals surface area contributed by atoms with E-state index in [9.17, 15) is 9.59 Å². The molecule has 2 aromatic heterocycles. The van der Waals surface area contributed by atoms with Gasteiger partial charge in [0.15, 0.2) is 0 Å². The maximum absolute atomic E-state index is 13.3. The second kappa shape index (κ2) is 7.59. The van der Waals surface area contributed by atoms with Crippen molar-refractivity contribution >= 4 is 16.8 Å². The summed E-state index contributed by atoms with van der Waals surface area (Å²) in [7, 11) is 0. The average molecular weight is 395 g/mol. The monoisotopic (exact) mass is 395 g/mol. The molecule has 5 nitrogen and oxygen atoms in total. The number of hydrogen-bond acceptors (Lipinski definition) is 3. The van der Waals surface area contributed by atoms with Crippen LogP contribution < -0.4 is 5.56 Å². The number of pyridine rings is 2. The van der Waals surface area contributed by atoms with Crippen molar-refractivity contribution in [1.82, 2.24) is 14.5 Å². The van der Waals surface area contributed by atoms with Crippen LogP contribution in [0, 0.1) is 0 Å². The summed E-state index contributed by atoms with van der Waals surface area (Å²) in [6, 6.07) is 25.3. The van der Waals surface area contributed by atoms with E-state index in [1.807, 2.05) is 83.8 Å². The molecule has 0 saturated carbocycles. The predicted molar refractivity (Wildman–Crippen MR) is 117 cm³/mol. The Morgan fingerprint density at radius 1 is 0.833 bits per heavy atom. The zero-order chi connectivity index (χ0) is 20.5. The third-order valence-electron chi connectivity index (χ3n) is 5.56. The Hall–Kier alpha value is -3.73. The highest BCUT2D eigenvalue weighted by molar-refractivity contribution is 5.96. The molecule has 5 rings (SSSR count). The fourth-order valence-corrected chi connectivity index (χ4v) is 4.03. The number of hydrogen-bond donors (Lipinski definition) is 0. The fourth-order valence-electron chi connectivity index (χ4n) is 4.03. The minimum atomic E-state index is -0.199. The van der Waals surface area contributed by atoms with Gasteiger partial charge in [0, 0.05) is 30.6 Å². The van der Waals surface area contributed by atoms with E-state index in [0.717, 1.165) is 23.2 Å². The molecular weight excluding hydrogens is 374 g/mol. The quantitative estimate of drug-likeness (QED) is 0.525. The first-order valence-corrected chi connectivity index (χ1v) is 10.1. The first kappa shape index (κ1) is 18.3. The van der Waals surface area contributed by atoms with Crippen molar-refractivity contribution in [2.45, 2.75) is 19.5 Å². The lowest BCUT2D eigenvalue weighted by Gasteiger charge is -2.20. The second-order valence-electron chi connectivity index (χ2n) is 7.55. The normalized spacial score (nSPS) is 13.9. The van der Waals surface area contributed by atoms with E-state index < -0.39 is 0 Å². The predicted octanol–water partition coefficient (Wildman–Crippen LogP) is 4.11. The molecule has 0 aliphatic carbocycles. The van der Waals surface area contributed by atoms with Crippen LogP contribution in [-0.4, -0.2) is 26.9 Å². The van der Waals surface area contributed by atoms with Crippen LogP contribution in [-0.2, 0) is 13.1 Å². The van der Waals surface area contributed by atoms with Crippen molar-refractivity contribution in [2.75, 3.05) is 6.54 Å². The number of carbonyl (C=O) groups is 1. The first-order valence-electron chi connectivity index (χ1n) is 10.1. The van der Waals surface area contributed by atoms with E-state index in [-0.39, 0.29) is 11.5 Å². The Morgan fingerprint density at radius 2 is 1.57 bits per heavy atom. The summed E-state index contributed by atoms with van der Waals surface area (Å²) in [5, 5.41) is 0.695. The molecule has 0 fully saturated rings. The fraction of sp³-hybridized carbons (Fsp3) is 0.160. The van der Waals surface area contributed by atoms with Crippen LogP contribution in [0.5, 0.6) is 0 Å². The van der Waals surface area contributed by atoms with Crippen LogP contribution >= 0.6 is 0 Å². The van der Waals surface area contributed by atoms with Gasteiger partial charge in [-0.25, -0.2) is 4.98 Å². The zero-order valence-corrected chi connectivity index (χ0v) is 16.5. The summed E-state index contributed by atoms with van der Waals surface area (Å²) in [5.74, 6) is -0.109. The maximum atomic E-state index is 13.3. The van der Waals surface area contributed by atoms with Gasteiger partial charge in [-0.15, -0.1) is 0 Å². The van der Waals surface area contributed by atoms with Crippen LogP contribution in [0.25, 0.3) is 22.2 Å². The first-order chi connectivity index (χ1) is 14.7. The van der Waals surface area contributed by atoms with Gasteiger partial charge in [-0.2, -0.15) is 0 Å². The SMILES string of the molecule is O=C1c2cc3ccc(-c4ccccc4)nc3c(=O)n2CCCN1Cc1ccccc1. The Balaban J connectivity index is 1.57. The van der Waals surface area contributed by atoms with Crippen molar-refractivity contribution in [2.24, 2.45) is 0 Å². The largest absolute Gasteiger partial charge is 0.333 e. The number of fused-ring (bicyclic) bond motifs is 2. The summed E-state index contributed by atoms with van der Waals surface area (Å²) in [4.78, 5) is 33.0.